The van der Waals surface area contributed by atoms with Gasteiger partial charge in [-0.15, -0.1) is 11.3 Å². The topological polar surface area (TPSA) is 68.0 Å². The molecule has 1 aromatic heterocycles. The summed E-state index contributed by atoms with van der Waals surface area (Å²) in [6.45, 7) is 4.71. The Morgan fingerprint density at radius 2 is 2.24 bits per heavy atom. The average molecular weight is 299 g/mol. The van der Waals surface area contributed by atoms with Gasteiger partial charge in [-0.1, -0.05) is 11.8 Å². The van der Waals surface area contributed by atoms with Crippen molar-refractivity contribution in [2.75, 3.05) is 6.54 Å². The van der Waals surface area contributed by atoms with Gasteiger partial charge in [-0.2, -0.15) is 0 Å². The lowest BCUT2D eigenvalue weighted by Gasteiger charge is -2.06. The number of amides is 1. The Morgan fingerprint density at radius 1 is 1.43 bits per heavy atom. The maximum Gasteiger partial charge on any atom is 0.251 e. The standard InChI is InChI=1S/C16H17N3OS/c1-11-8-14(6-5-13(11)4-3-7-17)16(20)18-9-15-12(2)19-10-21-15/h5-6,8,10H,7,9,17H2,1-2H3,(H,18,20). The van der Waals surface area contributed by atoms with E-state index in [0.717, 1.165) is 21.7 Å². The van der Waals surface area contributed by atoms with Crippen molar-refractivity contribution in [1.82, 2.24) is 10.3 Å². The van der Waals surface area contributed by atoms with E-state index in [0.29, 0.717) is 18.7 Å². The molecule has 2 aromatic rings. The quantitative estimate of drug-likeness (QED) is 0.852. The van der Waals surface area contributed by atoms with Crippen molar-refractivity contribution < 1.29 is 4.79 Å². The number of hydrogen-bond donors (Lipinski definition) is 2. The van der Waals surface area contributed by atoms with E-state index in [1.165, 1.54) is 0 Å². The van der Waals surface area contributed by atoms with Gasteiger partial charge >= 0.3 is 0 Å². The maximum atomic E-state index is 12.1. The van der Waals surface area contributed by atoms with Crippen molar-refractivity contribution in [2.24, 2.45) is 5.73 Å². The van der Waals surface area contributed by atoms with Crippen molar-refractivity contribution >= 4 is 17.2 Å². The molecule has 1 heterocycles. The molecule has 21 heavy (non-hydrogen) atoms. The fraction of sp³-hybridized carbons (Fsp3) is 0.250. The summed E-state index contributed by atoms with van der Waals surface area (Å²) >= 11 is 1.55. The zero-order chi connectivity index (χ0) is 15.2. The molecule has 2 rings (SSSR count). The van der Waals surface area contributed by atoms with Gasteiger partial charge in [-0.3, -0.25) is 4.79 Å². The number of carbonyl (C=O) groups is 1. The van der Waals surface area contributed by atoms with E-state index in [-0.39, 0.29) is 5.91 Å². The molecule has 4 nitrogen and oxygen atoms in total. The SMILES string of the molecule is Cc1cc(C(=O)NCc2scnc2C)ccc1C#CCN. The summed E-state index contributed by atoms with van der Waals surface area (Å²) in [7, 11) is 0. The van der Waals surface area contributed by atoms with E-state index >= 15 is 0 Å². The molecule has 0 spiro atoms. The summed E-state index contributed by atoms with van der Waals surface area (Å²) in [5.74, 6) is 5.71. The number of nitrogens with two attached hydrogens (primary N) is 1. The smallest absolute Gasteiger partial charge is 0.251 e. The highest BCUT2D eigenvalue weighted by Gasteiger charge is 2.08. The highest BCUT2D eigenvalue weighted by molar-refractivity contribution is 7.09. The van der Waals surface area contributed by atoms with Crippen LogP contribution in [0.3, 0.4) is 0 Å². The first-order chi connectivity index (χ1) is 10.1. The van der Waals surface area contributed by atoms with Crippen LogP contribution in [0.5, 0.6) is 0 Å². The number of hydrogen-bond acceptors (Lipinski definition) is 4. The molecule has 0 aliphatic carbocycles. The number of carbonyl (C=O) groups excluding carboxylic acids is 1. The monoisotopic (exact) mass is 299 g/mol. The lowest BCUT2D eigenvalue weighted by atomic mass is 10.0. The summed E-state index contributed by atoms with van der Waals surface area (Å²) in [5.41, 5.74) is 10.6. The highest BCUT2D eigenvalue weighted by Crippen LogP contribution is 2.13. The Bertz CT molecular complexity index is 710. The summed E-state index contributed by atoms with van der Waals surface area (Å²) in [5, 5.41) is 2.91. The van der Waals surface area contributed by atoms with Gasteiger partial charge in [0, 0.05) is 16.0 Å². The molecule has 0 radical (unpaired) electrons. The Labute approximate surface area is 128 Å². The van der Waals surface area contributed by atoms with Gasteiger partial charge in [0.2, 0.25) is 0 Å². The third kappa shape index (κ3) is 3.91. The number of benzene rings is 1. The van der Waals surface area contributed by atoms with E-state index in [2.05, 4.69) is 22.1 Å². The molecule has 5 heteroatoms. The fourth-order valence-electron chi connectivity index (χ4n) is 1.85. The van der Waals surface area contributed by atoms with Crippen LogP contribution >= 0.6 is 11.3 Å². The number of aromatic nitrogens is 1. The molecule has 0 fully saturated rings. The van der Waals surface area contributed by atoms with Crippen molar-refractivity contribution in [3.63, 3.8) is 0 Å². The van der Waals surface area contributed by atoms with Crippen molar-refractivity contribution in [3.8, 4) is 11.8 Å². The molecule has 0 bridgehead atoms. The molecule has 3 N–H and O–H groups in total. The Kier molecular flexibility index (Phi) is 5.09. The number of nitrogens with one attached hydrogen (secondary N) is 1. The van der Waals surface area contributed by atoms with Gasteiger partial charge < -0.3 is 11.1 Å². The molecule has 0 unspecified atom stereocenters. The second-order valence-corrected chi connectivity index (χ2v) is 5.52. The summed E-state index contributed by atoms with van der Waals surface area (Å²) < 4.78 is 0. The summed E-state index contributed by atoms with van der Waals surface area (Å²) in [6.07, 6.45) is 0. The lowest BCUT2D eigenvalue weighted by Crippen LogP contribution is -2.22. The van der Waals surface area contributed by atoms with Crippen LogP contribution in [0, 0.1) is 25.7 Å². The normalized spacial score (nSPS) is 9.86. The van der Waals surface area contributed by atoms with Crippen molar-refractivity contribution in [2.45, 2.75) is 20.4 Å². The summed E-state index contributed by atoms with van der Waals surface area (Å²) in [4.78, 5) is 17.4. The summed E-state index contributed by atoms with van der Waals surface area (Å²) in [6, 6.07) is 5.47. The number of nitrogens with zero attached hydrogens (tertiary/aromatic N) is 1. The molecule has 0 saturated heterocycles. The Balaban J connectivity index is 2.06. The third-order valence-electron chi connectivity index (χ3n) is 3.07. The molecule has 0 aliphatic rings. The third-order valence-corrected chi connectivity index (χ3v) is 4.00. The van der Waals surface area contributed by atoms with Crippen LogP contribution in [0.1, 0.15) is 32.1 Å². The predicted octanol–water partition coefficient (Wildman–Crippen LogP) is 2.00. The van der Waals surface area contributed by atoms with Crippen LogP contribution in [0.15, 0.2) is 23.7 Å². The maximum absolute atomic E-state index is 12.1. The molecule has 1 amide bonds. The minimum absolute atomic E-state index is 0.0933. The van der Waals surface area contributed by atoms with E-state index in [4.69, 9.17) is 5.73 Å². The first-order valence-electron chi connectivity index (χ1n) is 6.58. The molecule has 108 valence electrons. The van der Waals surface area contributed by atoms with Crippen LogP contribution in [0.2, 0.25) is 0 Å². The zero-order valence-corrected chi connectivity index (χ0v) is 12.9. The van der Waals surface area contributed by atoms with E-state index in [1.807, 2.05) is 26.0 Å². The van der Waals surface area contributed by atoms with Crippen LogP contribution in [-0.4, -0.2) is 17.4 Å². The fourth-order valence-corrected chi connectivity index (χ4v) is 2.57. The van der Waals surface area contributed by atoms with Crippen molar-refractivity contribution in [1.29, 1.82) is 0 Å². The van der Waals surface area contributed by atoms with Gasteiger partial charge in [0.1, 0.15) is 0 Å². The Hall–Kier alpha value is -2.16. The molecule has 0 atom stereocenters. The van der Waals surface area contributed by atoms with Crippen LogP contribution in [0.4, 0.5) is 0 Å². The van der Waals surface area contributed by atoms with Gasteiger partial charge in [0.25, 0.3) is 5.91 Å². The van der Waals surface area contributed by atoms with Gasteiger partial charge in [0.05, 0.1) is 24.3 Å². The number of aryl methyl sites for hydroxylation is 2. The van der Waals surface area contributed by atoms with Gasteiger partial charge in [-0.25, -0.2) is 4.98 Å². The van der Waals surface area contributed by atoms with Gasteiger partial charge in [-0.05, 0) is 37.6 Å². The molecule has 1 aromatic carbocycles. The largest absolute Gasteiger partial charge is 0.347 e. The Morgan fingerprint density at radius 3 is 2.86 bits per heavy atom. The second kappa shape index (κ2) is 7.02. The van der Waals surface area contributed by atoms with E-state index < -0.39 is 0 Å². The lowest BCUT2D eigenvalue weighted by molar-refractivity contribution is 0.0951. The van der Waals surface area contributed by atoms with E-state index in [9.17, 15) is 4.79 Å². The van der Waals surface area contributed by atoms with Crippen LogP contribution in [-0.2, 0) is 6.54 Å². The molecule has 0 saturated carbocycles. The minimum atomic E-state index is -0.0933. The predicted molar refractivity (Wildman–Crippen MR) is 85.1 cm³/mol. The van der Waals surface area contributed by atoms with Gasteiger partial charge in [0.15, 0.2) is 0 Å². The van der Waals surface area contributed by atoms with Crippen LogP contribution in [0.25, 0.3) is 0 Å². The first-order valence-corrected chi connectivity index (χ1v) is 7.46. The minimum Gasteiger partial charge on any atom is -0.347 e. The zero-order valence-electron chi connectivity index (χ0n) is 12.1. The molecule has 0 aliphatic heterocycles. The van der Waals surface area contributed by atoms with Crippen molar-refractivity contribution in [3.05, 3.63) is 51.0 Å². The second-order valence-electron chi connectivity index (χ2n) is 4.58. The molecular weight excluding hydrogens is 282 g/mol. The van der Waals surface area contributed by atoms with E-state index in [1.54, 1.807) is 22.9 Å². The number of rotatable bonds is 3. The first kappa shape index (κ1) is 15.2. The number of thiazole rings is 1. The molecular formula is C16H17N3OS. The highest BCUT2D eigenvalue weighted by atomic mass is 32.1. The average Bonchev–Trinajstić information content (AvgIpc) is 2.88. The van der Waals surface area contributed by atoms with Crippen LogP contribution < -0.4 is 11.1 Å².